The number of ether oxygens (including phenoxy) is 1. The van der Waals surface area contributed by atoms with Crippen LogP contribution in [0.5, 0.6) is 0 Å². The van der Waals surface area contributed by atoms with Crippen LogP contribution in [0, 0.1) is 0 Å². The van der Waals surface area contributed by atoms with Crippen LogP contribution in [0.2, 0.25) is 0 Å². The molecule has 1 aliphatic rings. The van der Waals surface area contributed by atoms with E-state index in [1.165, 1.54) is 7.11 Å². The SMILES string of the molecule is COC(=O)c1ccc(N2CCN(C[C@@H](C)O)CC2)nn1. The van der Waals surface area contributed by atoms with E-state index in [2.05, 4.69) is 24.7 Å². The lowest BCUT2D eigenvalue weighted by molar-refractivity contribution is 0.0592. The summed E-state index contributed by atoms with van der Waals surface area (Å²) in [5.74, 6) is 0.278. The molecule has 20 heavy (non-hydrogen) atoms. The van der Waals surface area contributed by atoms with Crippen molar-refractivity contribution in [2.24, 2.45) is 0 Å². The zero-order chi connectivity index (χ0) is 14.5. The van der Waals surface area contributed by atoms with Crippen molar-refractivity contribution >= 4 is 11.8 Å². The minimum atomic E-state index is -0.481. The first-order chi connectivity index (χ1) is 9.60. The molecule has 0 radical (unpaired) electrons. The van der Waals surface area contributed by atoms with E-state index in [1.807, 2.05) is 0 Å². The van der Waals surface area contributed by atoms with Crippen LogP contribution in [0.1, 0.15) is 17.4 Å². The maximum absolute atomic E-state index is 11.3. The van der Waals surface area contributed by atoms with Gasteiger partial charge in [0, 0.05) is 32.7 Å². The van der Waals surface area contributed by atoms with Gasteiger partial charge in [-0.15, -0.1) is 10.2 Å². The van der Waals surface area contributed by atoms with E-state index in [-0.39, 0.29) is 11.8 Å². The molecule has 1 saturated heterocycles. The second-order valence-electron chi connectivity index (χ2n) is 4.91. The summed E-state index contributed by atoms with van der Waals surface area (Å²) in [5.41, 5.74) is 0.212. The van der Waals surface area contributed by atoms with E-state index in [0.717, 1.165) is 32.0 Å². The van der Waals surface area contributed by atoms with Crippen LogP contribution in [0.15, 0.2) is 12.1 Å². The predicted molar refractivity (Wildman–Crippen MR) is 73.7 cm³/mol. The molecule has 2 heterocycles. The quantitative estimate of drug-likeness (QED) is 0.763. The Morgan fingerprint density at radius 2 is 2.05 bits per heavy atom. The number of nitrogens with zero attached hydrogens (tertiary/aromatic N) is 4. The number of esters is 1. The van der Waals surface area contributed by atoms with E-state index in [9.17, 15) is 9.90 Å². The third kappa shape index (κ3) is 3.64. The summed E-state index contributed by atoms with van der Waals surface area (Å²) in [4.78, 5) is 15.6. The van der Waals surface area contributed by atoms with E-state index in [0.29, 0.717) is 6.54 Å². The zero-order valence-electron chi connectivity index (χ0n) is 11.8. The van der Waals surface area contributed by atoms with Gasteiger partial charge in [-0.2, -0.15) is 0 Å². The number of piperazine rings is 1. The molecular weight excluding hydrogens is 260 g/mol. The molecule has 1 N–H and O–H groups in total. The normalized spacial score (nSPS) is 17.9. The summed E-state index contributed by atoms with van der Waals surface area (Å²) in [7, 11) is 1.32. The number of β-amino-alcohol motifs (C(OH)–C–C–N with tert-alkyl or cyclic N) is 1. The highest BCUT2D eigenvalue weighted by atomic mass is 16.5. The molecule has 0 aromatic carbocycles. The molecule has 0 aliphatic carbocycles. The van der Waals surface area contributed by atoms with Crippen molar-refractivity contribution in [2.45, 2.75) is 13.0 Å². The molecule has 0 unspecified atom stereocenters. The van der Waals surface area contributed by atoms with Gasteiger partial charge in [-0.1, -0.05) is 0 Å². The van der Waals surface area contributed by atoms with Gasteiger partial charge >= 0.3 is 5.97 Å². The largest absolute Gasteiger partial charge is 0.464 e. The average molecular weight is 280 g/mol. The summed E-state index contributed by atoms with van der Waals surface area (Å²) in [6, 6.07) is 3.40. The van der Waals surface area contributed by atoms with Crippen molar-refractivity contribution in [3.8, 4) is 0 Å². The fourth-order valence-electron chi connectivity index (χ4n) is 2.24. The van der Waals surface area contributed by atoms with Gasteiger partial charge in [-0.05, 0) is 19.1 Å². The van der Waals surface area contributed by atoms with Crippen LogP contribution in [-0.2, 0) is 4.74 Å². The molecule has 1 fully saturated rings. The highest BCUT2D eigenvalue weighted by Crippen LogP contribution is 2.13. The molecule has 0 saturated carbocycles. The molecule has 0 amide bonds. The zero-order valence-corrected chi connectivity index (χ0v) is 11.8. The fourth-order valence-corrected chi connectivity index (χ4v) is 2.24. The maximum atomic E-state index is 11.3. The van der Waals surface area contributed by atoms with Crippen molar-refractivity contribution in [1.82, 2.24) is 15.1 Å². The Balaban J connectivity index is 1.92. The number of aliphatic hydroxyl groups excluding tert-OH is 1. The number of rotatable bonds is 4. The number of hydrogen-bond acceptors (Lipinski definition) is 7. The number of methoxy groups -OCH3 is 1. The van der Waals surface area contributed by atoms with E-state index >= 15 is 0 Å². The summed E-state index contributed by atoms with van der Waals surface area (Å²) in [6.45, 7) is 5.92. The third-order valence-electron chi connectivity index (χ3n) is 3.26. The number of carbonyl (C=O) groups is 1. The molecule has 7 heteroatoms. The number of carbonyl (C=O) groups excluding carboxylic acids is 1. The first-order valence-corrected chi connectivity index (χ1v) is 6.67. The summed E-state index contributed by atoms with van der Waals surface area (Å²) >= 11 is 0. The van der Waals surface area contributed by atoms with Crippen LogP contribution in [-0.4, -0.2) is 72.1 Å². The first kappa shape index (κ1) is 14.7. The van der Waals surface area contributed by atoms with Crippen LogP contribution >= 0.6 is 0 Å². The van der Waals surface area contributed by atoms with Crippen molar-refractivity contribution in [3.05, 3.63) is 17.8 Å². The lowest BCUT2D eigenvalue weighted by Crippen LogP contribution is -2.48. The third-order valence-corrected chi connectivity index (χ3v) is 3.26. The summed E-state index contributed by atoms with van der Waals surface area (Å²) in [5, 5.41) is 17.3. The van der Waals surface area contributed by atoms with Gasteiger partial charge in [0.15, 0.2) is 11.5 Å². The Labute approximate surface area is 118 Å². The van der Waals surface area contributed by atoms with E-state index < -0.39 is 5.97 Å². The number of anilines is 1. The number of aliphatic hydroxyl groups is 1. The monoisotopic (exact) mass is 280 g/mol. The first-order valence-electron chi connectivity index (χ1n) is 6.67. The van der Waals surface area contributed by atoms with Crippen LogP contribution in [0.4, 0.5) is 5.82 Å². The number of aromatic nitrogens is 2. The molecular formula is C13H20N4O3. The Morgan fingerprint density at radius 1 is 1.35 bits per heavy atom. The molecule has 0 bridgehead atoms. The standard InChI is InChI=1S/C13H20N4O3/c1-10(18)9-16-5-7-17(8-6-16)12-4-3-11(14-15-12)13(19)20-2/h3-4,10,18H,5-9H2,1-2H3/t10-/m1/s1. The second-order valence-corrected chi connectivity index (χ2v) is 4.91. The van der Waals surface area contributed by atoms with Crippen LogP contribution < -0.4 is 4.90 Å². The molecule has 7 nitrogen and oxygen atoms in total. The van der Waals surface area contributed by atoms with Gasteiger partial charge < -0.3 is 14.7 Å². The highest BCUT2D eigenvalue weighted by Gasteiger charge is 2.19. The predicted octanol–water partition coefficient (Wildman–Crippen LogP) is -0.234. The highest BCUT2D eigenvalue weighted by molar-refractivity contribution is 5.86. The molecule has 1 atom stereocenters. The Bertz CT molecular complexity index is 441. The summed E-state index contributed by atoms with van der Waals surface area (Å²) < 4.78 is 4.59. The Morgan fingerprint density at radius 3 is 2.55 bits per heavy atom. The lowest BCUT2D eigenvalue weighted by Gasteiger charge is -2.35. The molecule has 0 spiro atoms. The molecule has 110 valence electrons. The second kappa shape index (κ2) is 6.62. The molecule has 2 rings (SSSR count). The van der Waals surface area contributed by atoms with Gasteiger partial charge in [0.2, 0.25) is 0 Å². The van der Waals surface area contributed by atoms with Gasteiger partial charge in [0.25, 0.3) is 0 Å². The maximum Gasteiger partial charge on any atom is 0.358 e. The Kier molecular flexibility index (Phi) is 4.86. The smallest absolute Gasteiger partial charge is 0.358 e. The topological polar surface area (TPSA) is 78.8 Å². The lowest BCUT2D eigenvalue weighted by atomic mass is 10.2. The molecule has 1 aromatic rings. The van der Waals surface area contributed by atoms with Crippen molar-refractivity contribution in [2.75, 3.05) is 44.7 Å². The van der Waals surface area contributed by atoms with Gasteiger partial charge in [0.05, 0.1) is 13.2 Å². The van der Waals surface area contributed by atoms with E-state index in [4.69, 9.17) is 0 Å². The Hall–Kier alpha value is -1.73. The van der Waals surface area contributed by atoms with Crippen LogP contribution in [0.3, 0.4) is 0 Å². The van der Waals surface area contributed by atoms with Crippen LogP contribution in [0.25, 0.3) is 0 Å². The van der Waals surface area contributed by atoms with Crippen molar-refractivity contribution in [1.29, 1.82) is 0 Å². The fraction of sp³-hybridized carbons (Fsp3) is 0.615. The van der Waals surface area contributed by atoms with Gasteiger partial charge in [-0.25, -0.2) is 4.79 Å². The number of hydrogen-bond donors (Lipinski definition) is 1. The van der Waals surface area contributed by atoms with Gasteiger partial charge in [-0.3, -0.25) is 4.90 Å². The minimum Gasteiger partial charge on any atom is -0.464 e. The minimum absolute atomic E-state index is 0.212. The molecule has 1 aliphatic heterocycles. The van der Waals surface area contributed by atoms with Gasteiger partial charge in [0.1, 0.15) is 0 Å². The van der Waals surface area contributed by atoms with Crippen molar-refractivity contribution < 1.29 is 14.6 Å². The van der Waals surface area contributed by atoms with Crippen molar-refractivity contribution in [3.63, 3.8) is 0 Å². The summed E-state index contributed by atoms with van der Waals surface area (Å²) in [6.07, 6.45) is -0.305. The van der Waals surface area contributed by atoms with E-state index in [1.54, 1.807) is 19.1 Å². The molecule has 1 aromatic heterocycles. The average Bonchev–Trinajstić information content (AvgIpc) is 2.47.